The molecule has 1 unspecified atom stereocenters. The van der Waals surface area contributed by atoms with Crippen molar-refractivity contribution >= 4 is 46.0 Å². The van der Waals surface area contributed by atoms with Gasteiger partial charge in [0.25, 0.3) is 0 Å². The average Bonchev–Trinajstić information content (AvgIpc) is 3.27. The van der Waals surface area contributed by atoms with E-state index in [1.54, 1.807) is 16.8 Å². The van der Waals surface area contributed by atoms with Crippen LogP contribution in [-0.4, -0.2) is 81.9 Å². The van der Waals surface area contributed by atoms with E-state index in [1.165, 1.54) is 19.1 Å². The number of aromatic nitrogens is 3. The van der Waals surface area contributed by atoms with Gasteiger partial charge in [0.1, 0.15) is 23.8 Å². The number of nitrogens with two attached hydrogens (primary N) is 1. The molecule has 0 bridgehead atoms. The number of rotatable bonds is 6. The number of likely N-dealkylation sites (tertiary alicyclic amines) is 1. The fourth-order valence-electron chi connectivity index (χ4n) is 5.73. The third kappa shape index (κ3) is 5.70. The maximum atomic E-state index is 16.5. The number of amides is 2. The lowest BCUT2D eigenvalue weighted by atomic mass is 9.99. The molecule has 2 aliphatic rings. The zero-order valence-electron chi connectivity index (χ0n) is 24.2. The predicted molar refractivity (Wildman–Crippen MR) is 157 cm³/mol. The van der Waals surface area contributed by atoms with E-state index in [0.717, 1.165) is 6.07 Å². The molecule has 2 fully saturated rings. The van der Waals surface area contributed by atoms with Gasteiger partial charge in [-0.05, 0) is 44.0 Å². The van der Waals surface area contributed by atoms with E-state index >= 15 is 4.39 Å². The summed E-state index contributed by atoms with van der Waals surface area (Å²) in [4.78, 5) is 41.9. The predicted octanol–water partition coefficient (Wildman–Crippen LogP) is 4.62. The Labute approximate surface area is 255 Å². The lowest BCUT2D eigenvalue weighted by Gasteiger charge is -2.40. The van der Waals surface area contributed by atoms with Crippen molar-refractivity contribution in [2.24, 2.45) is 0 Å². The molecular weight excluding hydrogens is 606 g/mol. The second-order valence-electron chi connectivity index (χ2n) is 10.9. The Morgan fingerprint density at radius 2 is 1.98 bits per heavy atom. The van der Waals surface area contributed by atoms with Gasteiger partial charge in [0, 0.05) is 44.5 Å². The molecule has 0 aliphatic carbocycles. The van der Waals surface area contributed by atoms with E-state index < -0.39 is 28.8 Å². The van der Waals surface area contributed by atoms with Crippen LogP contribution in [0.5, 0.6) is 6.01 Å². The Kier molecular flexibility index (Phi) is 8.31. The maximum Gasteiger partial charge on any atom is 0.418 e. The van der Waals surface area contributed by atoms with Crippen LogP contribution in [0.3, 0.4) is 0 Å². The van der Waals surface area contributed by atoms with Gasteiger partial charge < -0.3 is 25.2 Å². The summed E-state index contributed by atoms with van der Waals surface area (Å²) >= 11 is 6.52. The minimum atomic E-state index is -4.89. The van der Waals surface area contributed by atoms with Gasteiger partial charge in [-0.3, -0.25) is 9.59 Å². The summed E-state index contributed by atoms with van der Waals surface area (Å²) in [5, 5.41) is -0.225. The van der Waals surface area contributed by atoms with E-state index in [4.69, 9.17) is 22.1 Å². The SMILES string of the molecule is C=CC(=O)N1CCN(c2nc(OCC3CCC(=O)N3C)nc3c(F)c(-c4nc(N)cc(C)c4C(F)(F)F)c(Cl)cc23)[C@@H](C)C1. The Balaban J connectivity index is 1.68. The van der Waals surface area contributed by atoms with Crippen LogP contribution in [0.2, 0.25) is 5.02 Å². The first kappa shape index (κ1) is 31.2. The molecule has 2 amide bonds. The van der Waals surface area contributed by atoms with Gasteiger partial charge in [0.2, 0.25) is 11.8 Å². The molecule has 4 heterocycles. The topological polar surface area (TPSA) is 118 Å². The number of piperazine rings is 1. The minimum Gasteiger partial charge on any atom is -0.461 e. The number of halogens is 5. The molecule has 2 aromatic heterocycles. The molecule has 234 valence electrons. The molecule has 15 heteroatoms. The highest BCUT2D eigenvalue weighted by molar-refractivity contribution is 6.34. The molecule has 5 rings (SSSR count). The summed E-state index contributed by atoms with van der Waals surface area (Å²) < 4.78 is 64.9. The number of aryl methyl sites for hydroxylation is 1. The number of hydrogen-bond donors (Lipinski definition) is 1. The van der Waals surface area contributed by atoms with Gasteiger partial charge in [-0.2, -0.15) is 23.1 Å². The number of pyridine rings is 1. The van der Waals surface area contributed by atoms with Crippen LogP contribution in [0, 0.1) is 12.7 Å². The number of ether oxygens (including phenoxy) is 1. The van der Waals surface area contributed by atoms with Crippen LogP contribution in [0.1, 0.15) is 30.9 Å². The quantitative estimate of drug-likeness (QED) is 0.308. The number of anilines is 2. The van der Waals surface area contributed by atoms with Gasteiger partial charge in [-0.25, -0.2) is 9.37 Å². The normalized spacial score (nSPS) is 19.2. The largest absolute Gasteiger partial charge is 0.461 e. The summed E-state index contributed by atoms with van der Waals surface area (Å²) in [6, 6.07) is 1.53. The molecule has 2 N–H and O–H groups in total. The number of alkyl halides is 3. The molecule has 1 aromatic carbocycles. The van der Waals surface area contributed by atoms with Crippen LogP contribution in [0.25, 0.3) is 22.2 Å². The highest BCUT2D eigenvalue weighted by Crippen LogP contribution is 2.44. The number of likely N-dealkylation sites (N-methyl/N-ethyl adjacent to an activating group) is 1. The second-order valence-corrected chi connectivity index (χ2v) is 11.3. The number of fused-ring (bicyclic) bond motifs is 1. The summed E-state index contributed by atoms with van der Waals surface area (Å²) in [5.41, 5.74) is 2.63. The third-order valence-corrected chi connectivity index (χ3v) is 8.32. The van der Waals surface area contributed by atoms with E-state index in [-0.39, 0.29) is 69.6 Å². The van der Waals surface area contributed by atoms with Crippen LogP contribution in [0.15, 0.2) is 24.8 Å². The average molecular weight is 636 g/mol. The van der Waals surface area contributed by atoms with Gasteiger partial charge in [0.15, 0.2) is 5.82 Å². The Morgan fingerprint density at radius 1 is 1.25 bits per heavy atom. The highest BCUT2D eigenvalue weighted by Gasteiger charge is 2.39. The Bertz CT molecular complexity index is 1670. The number of carbonyl (C=O) groups is 2. The summed E-state index contributed by atoms with van der Waals surface area (Å²) in [7, 11) is 1.65. The summed E-state index contributed by atoms with van der Waals surface area (Å²) in [6.45, 7) is 7.50. The summed E-state index contributed by atoms with van der Waals surface area (Å²) in [6.07, 6.45) is -2.78. The van der Waals surface area contributed by atoms with Crippen molar-refractivity contribution in [2.75, 3.05) is 43.9 Å². The molecule has 10 nitrogen and oxygen atoms in total. The lowest BCUT2D eigenvalue weighted by Crippen LogP contribution is -2.53. The minimum absolute atomic E-state index is 0.0145. The third-order valence-electron chi connectivity index (χ3n) is 8.02. The number of benzene rings is 1. The van der Waals surface area contributed by atoms with Crippen LogP contribution < -0.4 is 15.4 Å². The monoisotopic (exact) mass is 635 g/mol. The number of carbonyl (C=O) groups excluding carboxylic acids is 2. The van der Waals surface area contributed by atoms with Crippen molar-refractivity contribution in [1.82, 2.24) is 24.8 Å². The molecule has 0 spiro atoms. The number of nitrogens with zero attached hydrogens (tertiary/aromatic N) is 6. The van der Waals surface area contributed by atoms with Crippen LogP contribution in [0.4, 0.5) is 29.2 Å². The molecule has 2 saturated heterocycles. The molecular formula is C29H30ClF4N7O3. The van der Waals surface area contributed by atoms with Crippen molar-refractivity contribution in [3.05, 3.63) is 46.8 Å². The fraction of sp³-hybridized carbons (Fsp3) is 0.414. The van der Waals surface area contributed by atoms with E-state index in [1.807, 2.05) is 11.8 Å². The van der Waals surface area contributed by atoms with Crippen LogP contribution >= 0.6 is 11.6 Å². The van der Waals surface area contributed by atoms with E-state index in [0.29, 0.717) is 32.5 Å². The van der Waals surface area contributed by atoms with Crippen molar-refractivity contribution in [3.63, 3.8) is 0 Å². The van der Waals surface area contributed by atoms with Crippen LogP contribution in [-0.2, 0) is 15.8 Å². The Morgan fingerprint density at radius 3 is 2.59 bits per heavy atom. The first-order valence-electron chi connectivity index (χ1n) is 13.8. The van der Waals surface area contributed by atoms with Gasteiger partial charge in [-0.15, -0.1) is 0 Å². The standard InChI is InChI=1S/C29H30ClF4N7O3/c1-5-20(42)40-8-9-41(15(3)12-40)27-17-11-18(30)22(26-23(29(32,33)34)14(2)10-19(35)36-26)24(31)25(17)37-28(38-27)44-13-16-6-7-21(43)39(16)4/h5,10-11,15-16H,1,6-9,12-13H2,2-4H3,(H2,35,36)/t15-,16?/m0/s1. The lowest BCUT2D eigenvalue weighted by molar-refractivity contribution is -0.137. The maximum absolute atomic E-state index is 16.5. The van der Waals surface area contributed by atoms with Gasteiger partial charge in [-0.1, -0.05) is 18.2 Å². The number of hydrogen-bond acceptors (Lipinski definition) is 8. The molecule has 2 aliphatic heterocycles. The van der Waals surface area contributed by atoms with E-state index in [2.05, 4.69) is 21.5 Å². The van der Waals surface area contributed by atoms with Crippen molar-refractivity contribution in [3.8, 4) is 17.3 Å². The molecule has 44 heavy (non-hydrogen) atoms. The highest BCUT2D eigenvalue weighted by atomic mass is 35.5. The molecule has 0 saturated carbocycles. The molecule has 3 aromatic rings. The zero-order valence-corrected chi connectivity index (χ0v) is 25.0. The van der Waals surface area contributed by atoms with Crippen molar-refractivity contribution in [2.45, 2.75) is 44.9 Å². The van der Waals surface area contributed by atoms with Gasteiger partial charge in [0.05, 0.1) is 27.9 Å². The first-order chi connectivity index (χ1) is 20.7. The fourth-order valence-corrected chi connectivity index (χ4v) is 6.01. The van der Waals surface area contributed by atoms with Crippen molar-refractivity contribution < 1.29 is 31.9 Å². The first-order valence-corrected chi connectivity index (χ1v) is 14.2. The van der Waals surface area contributed by atoms with Crippen molar-refractivity contribution in [1.29, 1.82) is 0 Å². The second kappa shape index (κ2) is 11.7. The molecule has 2 atom stereocenters. The number of nitrogen functional groups attached to an aromatic ring is 1. The molecule has 0 radical (unpaired) electrons. The smallest absolute Gasteiger partial charge is 0.418 e. The van der Waals surface area contributed by atoms with E-state index in [9.17, 15) is 22.8 Å². The Hall–Kier alpha value is -4.20. The zero-order chi connectivity index (χ0) is 32.1. The van der Waals surface area contributed by atoms with Gasteiger partial charge >= 0.3 is 12.2 Å². The summed E-state index contributed by atoms with van der Waals surface area (Å²) in [5.74, 6) is -1.48.